The van der Waals surface area contributed by atoms with E-state index in [1.807, 2.05) is 6.92 Å². The number of aliphatic hydroxyl groups is 1. The fourth-order valence-corrected chi connectivity index (χ4v) is 1.93. The molecule has 1 heterocycles. The molecule has 4 nitrogen and oxygen atoms in total. The minimum Gasteiger partial charge on any atom is -0.396 e. The van der Waals surface area contributed by atoms with E-state index in [1.165, 1.54) is 23.1 Å². The highest BCUT2D eigenvalue weighted by molar-refractivity contribution is 5.99. The first-order chi connectivity index (χ1) is 7.97. The molecule has 2 rings (SSSR count). The van der Waals surface area contributed by atoms with Gasteiger partial charge in [-0.3, -0.25) is 4.79 Å². The maximum atomic E-state index is 13.2. The maximum absolute atomic E-state index is 13.2. The van der Waals surface area contributed by atoms with Crippen molar-refractivity contribution in [2.75, 3.05) is 18.8 Å². The van der Waals surface area contributed by atoms with Gasteiger partial charge in [-0.05, 0) is 18.6 Å². The van der Waals surface area contributed by atoms with Gasteiger partial charge in [0.2, 0.25) is 0 Å². The lowest BCUT2D eigenvalue weighted by molar-refractivity contribution is -0.0826. The maximum Gasteiger partial charge on any atom is 0.256 e. The molecule has 1 fully saturated rings. The van der Waals surface area contributed by atoms with Gasteiger partial charge in [0.15, 0.2) is 0 Å². The molecule has 1 aliphatic heterocycles. The van der Waals surface area contributed by atoms with Crippen LogP contribution in [0.25, 0.3) is 0 Å². The molecule has 0 spiro atoms. The fourth-order valence-electron chi connectivity index (χ4n) is 1.93. The number of para-hydroxylation sites is 1. The number of amides is 1. The molecule has 0 aromatic heterocycles. The number of nitrogens with two attached hydrogens (primary N) is 1. The predicted octanol–water partition coefficient (Wildman–Crippen LogP) is 1.00. The van der Waals surface area contributed by atoms with Gasteiger partial charge in [0.25, 0.3) is 5.91 Å². The lowest BCUT2D eigenvalue weighted by Gasteiger charge is -2.46. The Morgan fingerprint density at radius 3 is 2.82 bits per heavy atom. The van der Waals surface area contributed by atoms with E-state index >= 15 is 0 Å². The largest absolute Gasteiger partial charge is 0.396 e. The van der Waals surface area contributed by atoms with E-state index in [0.717, 1.165) is 0 Å². The molecule has 1 aromatic carbocycles. The van der Waals surface area contributed by atoms with E-state index in [1.54, 1.807) is 0 Å². The van der Waals surface area contributed by atoms with Crippen LogP contribution in [0.15, 0.2) is 18.2 Å². The van der Waals surface area contributed by atoms with Crippen molar-refractivity contribution in [2.45, 2.75) is 18.9 Å². The fraction of sp³-hybridized carbons (Fsp3) is 0.417. The third-order valence-electron chi connectivity index (χ3n) is 3.20. The third kappa shape index (κ3) is 1.98. The van der Waals surface area contributed by atoms with Crippen LogP contribution in [0.4, 0.5) is 10.1 Å². The average molecular weight is 238 g/mol. The summed E-state index contributed by atoms with van der Waals surface area (Å²) in [5, 5.41) is 9.81. The number of β-amino-alcohol motifs (C(OH)–C–C–N with tert-alkyl or cyclic N) is 1. The molecule has 17 heavy (non-hydrogen) atoms. The standard InChI is InChI=1S/C12H15FN2O2/c1-2-12(17)6-15(7-12)11(16)8-4-3-5-9(13)10(8)14/h3-5,17H,2,6-7,14H2,1H3. The smallest absolute Gasteiger partial charge is 0.256 e. The lowest BCUT2D eigenvalue weighted by Crippen LogP contribution is -2.63. The Hall–Kier alpha value is -1.62. The number of nitrogens with zero attached hydrogens (tertiary/aromatic N) is 1. The summed E-state index contributed by atoms with van der Waals surface area (Å²) in [6.07, 6.45) is 0.593. The van der Waals surface area contributed by atoms with E-state index in [4.69, 9.17) is 5.73 Å². The Labute approximate surface area is 98.8 Å². The Balaban J connectivity index is 2.15. The third-order valence-corrected chi connectivity index (χ3v) is 3.20. The number of carbonyl (C=O) groups is 1. The van der Waals surface area contributed by atoms with Gasteiger partial charge in [-0.1, -0.05) is 13.0 Å². The van der Waals surface area contributed by atoms with Crippen LogP contribution in [0.2, 0.25) is 0 Å². The van der Waals surface area contributed by atoms with Gasteiger partial charge in [0, 0.05) is 0 Å². The Kier molecular flexibility index (Phi) is 2.79. The normalized spacial score (nSPS) is 17.7. The molecule has 0 unspecified atom stereocenters. The quantitative estimate of drug-likeness (QED) is 0.755. The van der Waals surface area contributed by atoms with Gasteiger partial charge in [-0.2, -0.15) is 0 Å². The number of halogens is 1. The number of carbonyl (C=O) groups excluding carboxylic acids is 1. The summed E-state index contributed by atoms with van der Waals surface area (Å²) in [6, 6.07) is 4.15. The second kappa shape index (κ2) is 4.00. The van der Waals surface area contributed by atoms with Gasteiger partial charge in [-0.25, -0.2) is 4.39 Å². The van der Waals surface area contributed by atoms with Crippen LogP contribution >= 0.6 is 0 Å². The molecule has 5 heteroatoms. The van der Waals surface area contributed by atoms with E-state index in [0.29, 0.717) is 6.42 Å². The van der Waals surface area contributed by atoms with Crippen LogP contribution in [0, 0.1) is 5.82 Å². The van der Waals surface area contributed by atoms with E-state index in [9.17, 15) is 14.3 Å². The zero-order valence-corrected chi connectivity index (χ0v) is 9.61. The Morgan fingerprint density at radius 1 is 1.59 bits per heavy atom. The molecular formula is C12H15FN2O2. The van der Waals surface area contributed by atoms with Crippen LogP contribution < -0.4 is 5.73 Å². The zero-order chi connectivity index (χ0) is 12.6. The first kappa shape index (κ1) is 11.9. The summed E-state index contributed by atoms with van der Waals surface area (Å²) in [4.78, 5) is 13.4. The van der Waals surface area contributed by atoms with Crippen LogP contribution in [0.3, 0.4) is 0 Å². The molecule has 0 saturated carbocycles. The highest BCUT2D eigenvalue weighted by atomic mass is 19.1. The summed E-state index contributed by atoms with van der Waals surface area (Å²) < 4.78 is 13.2. The van der Waals surface area contributed by atoms with Gasteiger partial charge < -0.3 is 15.7 Å². The number of anilines is 1. The minimum atomic E-state index is -0.794. The molecule has 1 amide bonds. The van der Waals surface area contributed by atoms with Gasteiger partial charge in [0.05, 0.1) is 29.9 Å². The summed E-state index contributed by atoms with van der Waals surface area (Å²) in [6.45, 7) is 2.41. The number of rotatable bonds is 2. The Bertz CT molecular complexity index is 456. The van der Waals surface area contributed by atoms with Crippen LogP contribution in [0.5, 0.6) is 0 Å². The molecule has 1 aliphatic rings. The topological polar surface area (TPSA) is 66.6 Å². The summed E-state index contributed by atoms with van der Waals surface area (Å²) in [5.74, 6) is -0.928. The van der Waals surface area contributed by atoms with Crippen molar-refractivity contribution in [3.63, 3.8) is 0 Å². The first-order valence-corrected chi connectivity index (χ1v) is 5.52. The SMILES string of the molecule is CCC1(O)CN(C(=O)c2cccc(F)c2N)C1. The molecule has 1 saturated heterocycles. The monoisotopic (exact) mass is 238 g/mol. The minimum absolute atomic E-state index is 0.135. The summed E-state index contributed by atoms with van der Waals surface area (Å²) >= 11 is 0. The molecule has 0 radical (unpaired) electrons. The van der Waals surface area contributed by atoms with Crippen molar-refractivity contribution >= 4 is 11.6 Å². The second-order valence-corrected chi connectivity index (χ2v) is 4.44. The van der Waals surface area contributed by atoms with Crippen molar-refractivity contribution in [3.8, 4) is 0 Å². The molecule has 0 bridgehead atoms. The number of hydrogen-bond donors (Lipinski definition) is 2. The van der Waals surface area contributed by atoms with Crippen molar-refractivity contribution in [2.24, 2.45) is 0 Å². The lowest BCUT2D eigenvalue weighted by atomic mass is 9.90. The molecule has 0 aliphatic carbocycles. The van der Waals surface area contributed by atoms with Crippen LogP contribution in [-0.2, 0) is 0 Å². The molecule has 0 atom stereocenters. The van der Waals surface area contributed by atoms with Crippen LogP contribution in [-0.4, -0.2) is 34.6 Å². The van der Waals surface area contributed by atoms with E-state index in [2.05, 4.69) is 0 Å². The highest BCUT2D eigenvalue weighted by Crippen LogP contribution is 2.27. The molecular weight excluding hydrogens is 223 g/mol. The van der Waals surface area contributed by atoms with E-state index in [-0.39, 0.29) is 30.2 Å². The van der Waals surface area contributed by atoms with Crippen LogP contribution in [0.1, 0.15) is 23.7 Å². The molecule has 3 N–H and O–H groups in total. The zero-order valence-electron chi connectivity index (χ0n) is 9.61. The van der Waals surface area contributed by atoms with Gasteiger partial charge >= 0.3 is 0 Å². The molecule has 1 aromatic rings. The second-order valence-electron chi connectivity index (χ2n) is 4.44. The van der Waals surface area contributed by atoms with Gasteiger partial charge in [-0.15, -0.1) is 0 Å². The highest BCUT2D eigenvalue weighted by Gasteiger charge is 2.42. The van der Waals surface area contributed by atoms with Crippen molar-refractivity contribution in [1.29, 1.82) is 0 Å². The number of nitrogen functional groups attached to an aromatic ring is 1. The molecule has 92 valence electrons. The first-order valence-electron chi connectivity index (χ1n) is 5.52. The predicted molar refractivity (Wildman–Crippen MR) is 62.0 cm³/mol. The van der Waals surface area contributed by atoms with Gasteiger partial charge in [0.1, 0.15) is 5.82 Å². The summed E-state index contributed by atoms with van der Waals surface area (Å²) in [5.41, 5.74) is 4.74. The average Bonchev–Trinajstić information content (AvgIpc) is 2.28. The van der Waals surface area contributed by atoms with Crippen molar-refractivity contribution in [1.82, 2.24) is 4.90 Å². The number of likely N-dealkylation sites (tertiary alicyclic amines) is 1. The number of benzene rings is 1. The van der Waals surface area contributed by atoms with Crippen molar-refractivity contribution in [3.05, 3.63) is 29.6 Å². The Morgan fingerprint density at radius 2 is 2.24 bits per heavy atom. The van der Waals surface area contributed by atoms with Crippen molar-refractivity contribution < 1.29 is 14.3 Å². The summed E-state index contributed by atoms with van der Waals surface area (Å²) in [7, 11) is 0. The number of hydrogen-bond acceptors (Lipinski definition) is 3. The van der Waals surface area contributed by atoms with E-state index < -0.39 is 11.4 Å².